The molecule has 1 unspecified atom stereocenters. The summed E-state index contributed by atoms with van der Waals surface area (Å²) in [6.45, 7) is 7.58. The third kappa shape index (κ3) is 4.14. The molecule has 0 aliphatic rings. The summed E-state index contributed by atoms with van der Waals surface area (Å²) in [5.41, 5.74) is 0.676. The van der Waals surface area contributed by atoms with Crippen molar-refractivity contribution in [3.63, 3.8) is 0 Å². The molecule has 2 aromatic rings. The molecule has 2 rings (SSSR count). The number of aliphatic hydroxyl groups excluding tert-OH is 1. The van der Waals surface area contributed by atoms with Crippen molar-refractivity contribution < 1.29 is 19.1 Å². The number of nitrogens with zero attached hydrogens (tertiary/aromatic N) is 1. The molecule has 2 N–H and O–H groups in total. The van der Waals surface area contributed by atoms with Gasteiger partial charge in [-0.25, -0.2) is 4.98 Å². The van der Waals surface area contributed by atoms with Crippen molar-refractivity contribution in [2.45, 2.75) is 33.8 Å². The molecule has 0 aliphatic carbocycles. The summed E-state index contributed by atoms with van der Waals surface area (Å²) in [6, 6.07) is 7.23. The zero-order chi connectivity index (χ0) is 17.9. The van der Waals surface area contributed by atoms with E-state index in [1.165, 1.54) is 0 Å². The quantitative estimate of drug-likeness (QED) is 0.879. The number of aromatic nitrogens is 1. The van der Waals surface area contributed by atoms with E-state index in [4.69, 9.17) is 9.15 Å². The van der Waals surface area contributed by atoms with Crippen molar-refractivity contribution in [3.8, 4) is 17.2 Å². The number of oxazole rings is 1. The first kappa shape index (κ1) is 18.0. The predicted octanol–water partition coefficient (Wildman–Crippen LogP) is 2.80. The third-order valence-electron chi connectivity index (χ3n) is 3.80. The molecule has 130 valence electrons. The van der Waals surface area contributed by atoms with Crippen LogP contribution in [-0.2, 0) is 0 Å². The van der Waals surface area contributed by atoms with Crippen LogP contribution < -0.4 is 10.1 Å². The van der Waals surface area contributed by atoms with E-state index >= 15 is 0 Å². The SMILES string of the molecule is COc1ccc(-c2nc(C(=O)NCC(O)C(C)(C)C)c(C)o2)cc1. The number of ether oxygens (including phenoxy) is 1. The normalized spacial score (nSPS) is 12.8. The maximum Gasteiger partial charge on any atom is 0.273 e. The fourth-order valence-corrected chi connectivity index (χ4v) is 2.04. The zero-order valence-electron chi connectivity index (χ0n) is 14.7. The average molecular weight is 332 g/mol. The largest absolute Gasteiger partial charge is 0.497 e. The van der Waals surface area contributed by atoms with Gasteiger partial charge in [-0.1, -0.05) is 20.8 Å². The second-order valence-corrected chi connectivity index (χ2v) is 6.74. The molecular formula is C18H24N2O4. The van der Waals surface area contributed by atoms with E-state index in [1.54, 1.807) is 26.2 Å². The summed E-state index contributed by atoms with van der Waals surface area (Å²) >= 11 is 0. The number of rotatable bonds is 5. The van der Waals surface area contributed by atoms with Gasteiger partial charge in [0.25, 0.3) is 5.91 Å². The first-order valence-corrected chi connectivity index (χ1v) is 7.80. The van der Waals surface area contributed by atoms with Crippen LogP contribution in [-0.4, -0.2) is 35.8 Å². The summed E-state index contributed by atoms with van der Waals surface area (Å²) in [5.74, 6) is 1.18. The maximum absolute atomic E-state index is 12.3. The summed E-state index contributed by atoms with van der Waals surface area (Å²) in [6.07, 6.45) is -0.644. The Morgan fingerprint density at radius 1 is 1.33 bits per heavy atom. The van der Waals surface area contributed by atoms with Crippen molar-refractivity contribution in [1.82, 2.24) is 10.3 Å². The van der Waals surface area contributed by atoms with E-state index in [0.717, 1.165) is 11.3 Å². The molecule has 0 radical (unpaired) electrons. The molecule has 6 heteroatoms. The lowest BCUT2D eigenvalue weighted by Crippen LogP contribution is -2.39. The Balaban J connectivity index is 2.11. The molecule has 24 heavy (non-hydrogen) atoms. The third-order valence-corrected chi connectivity index (χ3v) is 3.80. The lowest BCUT2D eigenvalue weighted by Gasteiger charge is -2.25. The molecule has 0 bridgehead atoms. The Morgan fingerprint density at radius 3 is 2.50 bits per heavy atom. The van der Waals surface area contributed by atoms with Crippen LogP contribution in [0.5, 0.6) is 5.75 Å². The van der Waals surface area contributed by atoms with E-state index in [0.29, 0.717) is 11.7 Å². The summed E-state index contributed by atoms with van der Waals surface area (Å²) < 4.78 is 10.7. The minimum absolute atomic E-state index is 0.159. The van der Waals surface area contributed by atoms with Gasteiger partial charge in [0.05, 0.1) is 13.2 Å². The van der Waals surface area contributed by atoms with Gasteiger partial charge >= 0.3 is 0 Å². The molecule has 1 aromatic carbocycles. The summed E-state index contributed by atoms with van der Waals surface area (Å²) in [5, 5.41) is 12.7. The van der Waals surface area contributed by atoms with E-state index in [2.05, 4.69) is 10.3 Å². The molecule has 1 heterocycles. The molecule has 6 nitrogen and oxygen atoms in total. The number of hydrogen-bond acceptors (Lipinski definition) is 5. The van der Waals surface area contributed by atoms with E-state index < -0.39 is 6.10 Å². The topological polar surface area (TPSA) is 84.6 Å². The predicted molar refractivity (Wildman–Crippen MR) is 91.0 cm³/mol. The number of hydrogen-bond donors (Lipinski definition) is 2. The zero-order valence-corrected chi connectivity index (χ0v) is 14.7. The Hall–Kier alpha value is -2.34. The van der Waals surface area contributed by atoms with Crippen LogP contribution in [0.1, 0.15) is 37.0 Å². The van der Waals surface area contributed by atoms with Crippen LogP contribution >= 0.6 is 0 Å². The molecule has 1 atom stereocenters. The lowest BCUT2D eigenvalue weighted by molar-refractivity contribution is 0.0585. The van der Waals surface area contributed by atoms with Crippen molar-refractivity contribution in [2.24, 2.45) is 5.41 Å². The minimum atomic E-state index is -0.644. The molecule has 0 saturated heterocycles. The highest BCUT2D eigenvalue weighted by molar-refractivity contribution is 5.93. The van der Waals surface area contributed by atoms with Gasteiger partial charge in [-0.15, -0.1) is 0 Å². The van der Waals surface area contributed by atoms with Crippen LogP contribution in [0.4, 0.5) is 0 Å². The van der Waals surface area contributed by atoms with Crippen LogP contribution in [0.25, 0.3) is 11.5 Å². The van der Waals surface area contributed by atoms with Gasteiger partial charge in [-0.2, -0.15) is 0 Å². The van der Waals surface area contributed by atoms with Crippen molar-refractivity contribution in [1.29, 1.82) is 0 Å². The lowest BCUT2D eigenvalue weighted by atomic mass is 9.89. The van der Waals surface area contributed by atoms with Gasteiger partial charge in [0.1, 0.15) is 11.5 Å². The van der Waals surface area contributed by atoms with Gasteiger partial charge in [-0.3, -0.25) is 4.79 Å². The highest BCUT2D eigenvalue weighted by atomic mass is 16.5. The van der Waals surface area contributed by atoms with Gasteiger partial charge in [0.2, 0.25) is 5.89 Å². The number of aliphatic hydroxyl groups is 1. The van der Waals surface area contributed by atoms with Gasteiger partial charge in [0, 0.05) is 12.1 Å². The number of amides is 1. The van der Waals surface area contributed by atoms with Crippen molar-refractivity contribution >= 4 is 5.91 Å². The monoisotopic (exact) mass is 332 g/mol. The van der Waals surface area contributed by atoms with Gasteiger partial charge < -0.3 is 19.6 Å². The molecule has 0 spiro atoms. The number of nitrogens with one attached hydrogen (secondary N) is 1. The van der Waals surface area contributed by atoms with E-state index in [-0.39, 0.29) is 23.6 Å². The van der Waals surface area contributed by atoms with Crippen LogP contribution in [0, 0.1) is 12.3 Å². The van der Waals surface area contributed by atoms with Gasteiger partial charge in [-0.05, 0) is 36.6 Å². The van der Waals surface area contributed by atoms with Crippen molar-refractivity contribution in [3.05, 3.63) is 35.7 Å². The fraction of sp³-hybridized carbons (Fsp3) is 0.444. The number of carbonyl (C=O) groups excluding carboxylic acids is 1. The van der Waals surface area contributed by atoms with Crippen LogP contribution in [0.3, 0.4) is 0 Å². The molecule has 0 fully saturated rings. The summed E-state index contributed by atoms with van der Waals surface area (Å²) in [4.78, 5) is 16.6. The standard InChI is InChI=1S/C18H24N2O4/c1-11-15(16(22)19-10-14(21)18(2,3)4)20-17(24-11)12-6-8-13(23-5)9-7-12/h6-9,14,21H,10H2,1-5H3,(H,19,22). The molecule has 1 amide bonds. The highest BCUT2D eigenvalue weighted by Crippen LogP contribution is 2.24. The first-order valence-electron chi connectivity index (χ1n) is 7.80. The average Bonchev–Trinajstić information content (AvgIpc) is 2.93. The smallest absolute Gasteiger partial charge is 0.273 e. The Bertz CT molecular complexity index is 699. The second kappa shape index (κ2) is 7.05. The maximum atomic E-state index is 12.3. The van der Waals surface area contributed by atoms with Gasteiger partial charge in [0.15, 0.2) is 5.69 Å². The Labute approximate surface area is 141 Å². The minimum Gasteiger partial charge on any atom is -0.497 e. The summed E-state index contributed by atoms with van der Waals surface area (Å²) in [7, 11) is 1.60. The van der Waals surface area contributed by atoms with Crippen molar-refractivity contribution in [2.75, 3.05) is 13.7 Å². The van der Waals surface area contributed by atoms with E-state index in [9.17, 15) is 9.90 Å². The Morgan fingerprint density at radius 2 is 1.96 bits per heavy atom. The number of aryl methyl sites for hydroxylation is 1. The second-order valence-electron chi connectivity index (χ2n) is 6.74. The molecule has 0 saturated carbocycles. The van der Waals surface area contributed by atoms with E-state index in [1.807, 2.05) is 32.9 Å². The first-order chi connectivity index (χ1) is 11.2. The molecular weight excluding hydrogens is 308 g/mol. The number of methoxy groups -OCH3 is 1. The number of benzene rings is 1. The fourth-order valence-electron chi connectivity index (χ4n) is 2.04. The Kier molecular flexibility index (Phi) is 5.29. The highest BCUT2D eigenvalue weighted by Gasteiger charge is 2.24. The number of carbonyl (C=O) groups is 1. The van der Waals surface area contributed by atoms with Crippen LogP contribution in [0.2, 0.25) is 0 Å². The molecule has 1 aromatic heterocycles. The molecule has 0 aliphatic heterocycles. The van der Waals surface area contributed by atoms with Crippen LogP contribution in [0.15, 0.2) is 28.7 Å².